The highest BCUT2D eigenvalue weighted by molar-refractivity contribution is 9.10. The molecule has 1 fully saturated rings. The number of rotatable bonds is 4. The van der Waals surface area contributed by atoms with Gasteiger partial charge in [-0.2, -0.15) is 0 Å². The van der Waals surface area contributed by atoms with Gasteiger partial charge in [-0.25, -0.2) is 4.79 Å². The molecule has 20 heavy (non-hydrogen) atoms. The second-order valence-corrected chi connectivity index (χ2v) is 5.26. The first-order chi connectivity index (χ1) is 9.61. The number of ether oxygens (including phenoxy) is 2. The molecule has 1 N–H and O–H groups in total. The highest BCUT2D eigenvalue weighted by Gasteiger charge is 2.24. The number of carbonyl (C=O) groups is 2. The summed E-state index contributed by atoms with van der Waals surface area (Å²) in [7, 11) is 0. The summed E-state index contributed by atoms with van der Waals surface area (Å²) in [5, 5.41) is 2.79. The monoisotopic (exact) mass is 341 g/mol. The Labute approximate surface area is 125 Å². The van der Waals surface area contributed by atoms with Crippen LogP contribution in [-0.2, 0) is 14.3 Å². The van der Waals surface area contributed by atoms with Crippen molar-refractivity contribution in [2.45, 2.75) is 25.9 Å². The third-order valence-corrected chi connectivity index (χ3v) is 3.62. The summed E-state index contributed by atoms with van der Waals surface area (Å²) in [6.45, 7) is 2.71. The number of benzene rings is 1. The Hall–Kier alpha value is -1.40. The molecule has 1 amide bonds. The predicted molar refractivity (Wildman–Crippen MR) is 77.7 cm³/mol. The van der Waals surface area contributed by atoms with E-state index in [-0.39, 0.29) is 18.0 Å². The molecule has 1 saturated heterocycles. The molecule has 5 nitrogen and oxygen atoms in total. The summed E-state index contributed by atoms with van der Waals surface area (Å²) in [6, 6.07) is 4.92. The van der Waals surface area contributed by atoms with E-state index < -0.39 is 0 Å². The Kier molecular flexibility index (Phi) is 5.14. The van der Waals surface area contributed by atoms with Gasteiger partial charge in [-0.15, -0.1) is 0 Å². The van der Waals surface area contributed by atoms with Crippen LogP contribution in [0.25, 0.3) is 0 Å². The van der Waals surface area contributed by atoms with Crippen LogP contribution >= 0.6 is 15.9 Å². The van der Waals surface area contributed by atoms with Crippen LogP contribution in [0.5, 0.6) is 0 Å². The average Bonchev–Trinajstić information content (AvgIpc) is 2.95. The topological polar surface area (TPSA) is 64.6 Å². The Morgan fingerprint density at radius 2 is 2.30 bits per heavy atom. The number of amides is 1. The van der Waals surface area contributed by atoms with E-state index in [0.29, 0.717) is 28.9 Å². The maximum atomic E-state index is 11.9. The highest BCUT2D eigenvalue weighted by atomic mass is 79.9. The second-order valence-electron chi connectivity index (χ2n) is 4.41. The van der Waals surface area contributed by atoms with Crippen LogP contribution in [0.1, 0.15) is 30.1 Å². The lowest BCUT2D eigenvalue weighted by Gasteiger charge is -2.12. The summed E-state index contributed by atoms with van der Waals surface area (Å²) in [5.74, 6) is -0.544. The lowest BCUT2D eigenvalue weighted by Crippen LogP contribution is -2.27. The third-order valence-electron chi connectivity index (χ3n) is 2.96. The van der Waals surface area contributed by atoms with E-state index >= 15 is 0 Å². The number of hydrogen-bond donors (Lipinski definition) is 1. The normalized spacial score (nSPS) is 17.8. The number of esters is 1. The molecule has 1 aliphatic rings. The Bertz CT molecular complexity index is 512. The van der Waals surface area contributed by atoms with E-state index in [1.165, 1.54) is 0 Å². The molecule has 0 aliphatic carbocycles. The van der Waals surface area contributed by atoms with E-state index in [2.05, 4.69) is 21.2 Å². The minimum absolute atomic E-state index is 0.160. The van der Waals surface area contributed by atoms with Crippen molar-refractivity contribution in [2.24, 2.45) is 0 Å². The summed E-state index contributed by atoms with van der Waals surface area (Å²) in [5.41, 5.74) is 1.05. The molecule has 1 heterocycles. The largest absolute Gasteiger partial charge is 0.462 e. The fourth-order valence-electron chi connectivity index (χ4n) is 1.96. The van der Waals surface area contributed by atoms with Gasteiger partial charge in [0.2, 0.25) is 0 Å². The molecule has 6 heteroatoms. The minimum atomic E-state index is -0.384. The van der Waals surface area contributed by atoms with Gasteiger partial charge in [0.05, 0.1) is 17.9 Å². The van der Waals surface area contributed by atoms with Gasteiger partial charge >= 0.3 is 5.97 Å². The minimum Gasteiger partial charge on any atom is -0.462 e. The number of hydrogen-bond acceptors (Lipinski definition) is 4. The van der Waals surface area contributed by atoms with Gasteiger partial charge in [-0.05, 0) is 53.9 Å². The van der Waals surface area contributed by atoms with Crippen LogP contribution in [-0.4, -0.2) is 31.2 Å². The Balaban J connectivity index is 2.05. The smallest absolute Gasteiger partial charge is 0.338 e. The molecule has 0 aromatic heterocycles. The molecule has 1 aliphatic heterocycles. The number of carbonyl (C=O) groups excluding carboxylic acids is 2. The molecule has 108 valence electrons. The molecule has 0 radical (unpaired) electrons. The molecule has 1 atom stereocenters. The number of nitrogens with one attached hydrogen (secondary N) is 1. The SMILES string of the molecule is CCOC(=O)c1ccc(NC(=O)C2CCCO2)c(Br)c1. The molecule has 1 aromatic carbocycles. The second kappa shape index (κ2) is 6.85. The van der Waals surface area contributed by atoms with Crippen molar-refractivity contribution in [3.05, 3.63) is 28.2 Å². The standard InChI is InChI=1S/C14H16BrNO4/c1-2-19-14(18)9-5-6-11(10(15)8-9)16-13(17)12-4-3-7-20-12/h5-6,8,12H,2-4,7H2,1H3,(H,16,17). The zero-order chi connectivity index (χ0) is 14.5. The van der Waals surface area contributed by atoms with Crippen molar-refractivity contribution in [3.8, 4) is 0 Å². The van der Waals surface area contributed by atoms with Crippen molar-refractivity contribution < 1.29 is 19.1 Å². The Morgan fingerprint density at radius 3 is 2.90 bits per heavy atom. The van der Waals surface area contributed by atoms with Gasteiger partial charge in [0.1, 0.15) is 6.10 Å². The fourth-order valence-corrected chi connectivity index (χ4v) is 2.43. The van der Waals surface area contributed by atoms with Crippen molar-refractivity contribution in [3.63, 3.8) is 0 Å². The van der Waals surface area contributed by atoms with Gasteiger partial charge in [0.15, 0.2) is 0 Å². The highest BCUT2D eigenvalue weighted by Crippen LogP contribution is 2.25. The van der Waals surface area contributed by atoms with Crippen molar-refractivity contribution >= 4 is 33.5 Å². The molecule has 2 rings (SSSR count). The maximum Gasteiger partial charge on any atom is 0.338 e. The first-order valence-electron chi connectivity index (χ1n) is 6.51. The van der Waals surface area contributed by atoms with Gasteiger partial charge in [0.25, 0.3) is 5.91 Å². The van der Waals surface area contributed by atoms with Gasteiger partial charge in [0, 0.05) is 11.1 Å². The summed E-state index contributed by atoms with van der Waals surface area (Å²) < 4.78 is 10.9. The molecular weight excluding hydrogens is 326 g/mol. The first kappa shape index (κ1) is 15.0. The summed E-state index contributed by atoms with van der Waals surface area (Å²) >= 11 is 3.34. The Morgan fingerprint density at radius 1 is 1.50 bits per heavy atom. The van der Waals surface area contributed by atoms with Gasteiger partial charge in [-0.3, -0.25) is 4.79 Å². The van der Waals surface area contributed by atoms with Crippen LogP contribution in [0.2, 0.25) is 0 Å². The van der Waals surface area contributed by atoms with Crippen LogP contribution in [0.15, 0.2) is 22.7 Å². The van der Waals surface area contributed by atoms with Crippen LogP contribution in [0.3, 0.4) is 0 Å². The molecule has 1 aromatic rings. The summed E-state index contributed by atoms with van der Waals surface area (Å²) in [4.78, 5) is 23.5. The summed E-state index contributed by atoms with van der Waals surface area (Å²) in [6.07, 6.45) is 1.26. The molecule has 0 bridgehead atoms. The number of halogens is 1. The molecule has 0 spiro atoms. The lowest BCUT2D eigenvalue weighted by molar-refractivity contribution is -0.124. The predicted octanol–water partition coefficient (Wildman–Crippen LogP) is 2.74. The van der Waals surface area contributed by atoms with E-state index in [0.717, 1.165) is 12.8 Å². The third kappa shape index (κ3) is 3.58. The van der Waals surface area contributed by atoms with Crippen molar-refractivity contribution in [1.82, 2.24) is 0 Å². The lowest BCUT2D eigenvalue weighted by atomic mass is 10.2. The maximum absolute atomic E-state index is 11.9. The van der Waals surface area contributed by atoms with E-state index in [9.17, 15) is 9.59 Å². The van der Waals surface area contributed by atoms with E-state index in [1.807, 2.05) is 0 Å². The zero-order valence-electron chi connectivity index (χ0n) is 11.1. The fraction of sp³-hybridized carbons (Fsp3) is 0.429. The molecule has 0 saturated carbocycles. The zero-order valence-corrected chi connectivity index (χ0v) is 12.7. The quantitative estimate of drug-likeness (QED) is 0.855. The molecule has 1 unspecified atom stereocenters. The van der Waals surface area contributed by atoms with E-state index in [4.69, 9.17) is 9.47 Å². The van der Waals surface area contributed by atoms with Crippen LogP contribution < -0.4 is 5.32 Å². The van der Waals surface area contributed by atoms with Gasteiger partial charge < -0.3 is 14.8 Å². The number of anilines is 1. The van der Waals surface area contributed by atoms with Gasteiger partial charge in [-0.1, -0.05) is 0 Å². The molecular formula is C14H16BrNO4. The van der Waals surface area contributed by atoms with E-state index in [1.54, 1.807) is 25.1 Å². The van der Waals surface area contributed by atoms with Crippen LogP contribution in [0, 0.1) is 0 Å². The van der Waals surface area contributed by atoms with Crippen LogP contribution in [0.4, 0.5) is 5.69 Å². The van der Waals surface area contributed by atoms with Crippen molar-refractivity contribution in [2.75, 3.05) is 18.5 Å². The first-order valence-corrected chi connectivity index (χ1v) is 7.30. The van der Waals surface area contributed by atoms with Crippen molar-refractivity contribution in [1.29, 1.82) is 0 Å². The average molecular weight is 342 g/mol.